The van der Waals surface area contributed by atoms with Crippen LogP contribution in [0.3, 0.4) is 0 Å². The van der Waals surface area contributed by atoms with Crippen LogP contribution in [0.25, 0.3) is 0 Å². The number of nitrogens with one attached hydrogen (secondary N) is 2. The minimum absolute atomic E-state index is 0.136. The first kappa shape index (κ1) is 17.0. The highest BCUT2D eigenvalue weighted by molar-refractivity contribution is 6.31. The molecule has 23 heavy (non-hydrogen) atoms. The zero-order chi connectivity index (χ0) is 16.8. The van der Waals surface area contributed by atoms with Gasteiger partial charge in [0.25, 0.3) is 5.91 Å². The zero-order valence-electron chi connectivity index (χ0n) is 12.5. The van der Waals surface area contributed by atoms with Crippen molar-refractivity contribution in [2.75, 3.05) is 0 Å². The summed E-state index contributed by atoms with van der Waals surface area (Å²) >= 11 is 6.04. The summed E-state index contributed by atoms with van der Waals surface area (Å²) < 4.78 is 0. The quantitative estimate of drug-likeness (QED) is 0.582. The minimum Gasteiger partial charge on any atom is -0.349 e. The van der Waals surface area contributed by atoms with E-state index in [1.807, 2.05) is 25.1 Å². The molecule has 0 spiro atoms. The first-order chi connectivity index (χ1) is 11.0. The molecule has 0 aliphatic heterocycles. The predicted molar refractivity (Wildman–Crippen MR) is 87.4 cm³/mol. The Morgan fingerprint density at radius 3 is 2.39 bits per heavy atom. The van der Waals surface area contributed by atoms with Crippen molar-refractivity contribution in [1.29, 1.82) is 0 Å². The summed E-state index contributed by atoms with van der Waals surface area (Å²) in [4.78, 5) is 23.4. The molecule has 2 amide bonds. The maximum Gasteiger partial charge on any atom is 0.274 e. The summed E-state index contributed by atoms with van der Waals surface area (Å²) in [7, 11) is 0. The van der Waals surface area contributed by atoms with Crippen LogP contribution < -0.4 is 10.8 Å². The highest BCUT2D eigenvalue weighted by atomic mass is 35.5. The van der Waals surface area contributed by atoms with E-state index in [0.29, 0.717) is 10.6 Å². The smallest absolute Gasteiger partial charge is 0.274 e. The molecule has 0 radical (unpaired) electrons. The zero-order valence-corrected chi connectivity index (χ0v) is 13.3. The van der Waals surface area contributed by atoms with Crippen LogP contribution in [0.5, 0.6) is 0 Å². The molecule has 0 bridgehead atoms. The monoisotopic (exact) mass is 332 g/mol. The van der Waals surface area contributed by atoms with Gasteiger partial charge in [0.2, 0.25) is 5.91 Å². The van der Waals surface area contributed by atoms with Crippen LogP contribution in [0.15, 0.2) is 48.5 Å². The van der Waals surface area contributed by atoms with Gasteiger partial charge in [0, 0.05) is 10.6 Å². The Hall–Kier alpha value is -2.37. The van der Waals surface area contributed by atoms with Gasteiger partial charge in [-0.2, -0.15) is 0 Å². The molecule has 2 aromatic carbocycles. The molecule has 2 rings (SSSR count). The number of halogens is 1. The highest BCUT2D eigenvalue weighted by Crippen LogP contribution is 2.17. The molecule has 6 heteroatoms. The third-order valence-electron chi connectivity index (χ3n) is 3.46. The van der Waals surface area contributed by atoms with Gasteiger partial charge in [0.15, 0.2) is 0 Å². The average Bonchev–Trinajstić information content (AvgIpc) is 2.56. The summed E-state index contributed by atoms with van der Waals surface area (Å²) in [6.45, 7) is 1.85. The van der Waals surface area contributed by atoms with Crippen LogP contribution in [-0.2, 0) is 11.2 Å². The van der Waals surface area contributed by atoms with E-state index in [9.17, 15) is 9.59 Å². The van der Waals surface area contributed by atoms with E-state index < -0.39 is 5.91 Å². The Balaban J connectivity index is 1.98. The van der Waals surface area contributed by atoms with Gasteiger partial charge in [-0.3, -0.25) is 14.8 Å². The molecular formula is C17H17ClN2O3. The van der Waals surface area contributed by atoms with Crippen LogP contribution in [0.1, 0.15) is 34.5 Å². The molecule has 0 saturated carbocycles. The molecule has 0 aliphatic rings. The molecule has 1 unspecified atom stereocenters. The van der Waals surface area contributed by atoms with Gasteiger partial charge >= 0.3 is 0 Å². The molecule has 2 aromatic rings. The predicted octanol–water partition coefficient (Wildman–Crippen LogP) is 2.88. The Morgan fingerprint density at radius 1 is 1.13 bits per heavy atom. The summed E-state index contributed by atoms with van der Waals surface area (Å²) in [6.07, 6.45) is 0.203. The number of rotatable bonds is 5. The standard InChI is InChI=1S/C17H17ClN2O3/c1-11(12-6-8-13(9-7-12)17(22)20-23)19-16(21)10-14-4-2-3-5-15(14)18/h2-9,11,23H,10H2,1H3,(H,19,21)(H,20,22). The minimum atomic E-state index is -0.577. The van der Waals surface area contributed by atoms with Crippen molar-refractivity contribution in [1.82, 2.24) is 10.8 Å². The van der Waals surface area contributed by atoms with E-state index in [1.165, 1.54) is 0 Å². The molecule has 5 nitrogen and oxygen atoms in total. The van der Waals surface area contributed by atoms with Gasteiger partial charge in [-0.05, 0) is 36.2 Å². The van der Waals surface area contributed by atoms with Crippen molar-refractivity contribution < 1.29 is 14.8 Å². The van der Waals surface area contributed by atoms with Crippen LogP contribution >= 0.6 is 11.6 Å². The normalized spacial score (nSPS) is 11.6. The van der Waals surface area contributed by atoms with Gasteiger partial charge < -0.3 is 5.32 Å². The topological polar surface area (TPSA) is 78.4 Å². The summed E-state index contributed by atoms with van der Waals surface area (Å²) in [5.74, 6) is -0.713. The second-order valence-corrected chi connectivity index (χ2v) is 5.53. The van der Waals surface area contributed by atoms with Gasteiger partial charge in [-0.1, -0.05) is 41.9 Å². The maximum atomic E-state index is 12.1. The fourth-order valence-corrected chi connectivity index (χ4v) is 2.38. The van der Waals surface area contributed by atoms with Crippen molar-refractivity contribution in [2.24, 2.45) is 0 Å². The molecule has 0 heterocycles. The van der Waals surface area contributed by atoms with Crippen molar-refractivity contribution >= 4 is 23.4 Å². The molecule has 0 aromatic heterocycles. The van der Waals surface area contributed by atoms with Crippen molar-refractivity contribution in [3.63, 3.8) is 0 Å². The average molecular weight is 333 g/mol. The fraction of sp³-hybridized carbons (Fsp3) is 0.176. The third-order valence-corrected chi connectivity index (χ3v) is 3.83. The van der Waals surface area contributed by atoms with Crippen molar-refractivity contribution in [3.8, 4) is 0 Å². The molecule has 0 saturated heterocycles. The summed E-state index contributed by atoms with van der Waals surface area (Å²) in [5.41, 5.74) is 3.54. The molecular weight excluding hydrogens is 316 g/mol. The lowest BCUT2D eigenvalue weighted by molar-refractivity contribution is -0.121. The largest absolute Gasteiger partial charge is 0.349 e. The van der Waals surface area contributed by atoms with Crippen LogP contribution in [-0.4, -0.2) is 17.0 Å². The first-order valence-corrected chi connectivity index (χ1v) is 7.46. The maximum absolute atomic E-state index is 12.1. The van der Waals surface area contributed by atoms with Gasteiger partial charge in [0.05, 0.1) is 12.5 Å². The van der Waals surface area contributed by atoms with E-state index in [1.54, 1.807) is 35.8 Å². The van der Waals surface area contributed by atoms with Gasteiger partial charge in [-0.25, -0.2) is 5.48 Å². The first-order valence-electron chi connectivity index (χ1n) is 7.08. The van der Waals surface area contributed by atoms with Crippen LogP contribution in [0, 0.1) is 0 Å². The summed E-state index contributed by atoms with van der Waals surface area (Å²) in [6, 6.07) is 13.6. The molecule has 120 valence electrons. The number of hydrogen-bond donors (Lipinski definition) is 3. The van der Waals surface area contributed by atoms with E-state index in [0.717, 1.165) is 11.1 Å². The molecule has 0 aliphatic carbocycles. The highest BCUT2D eigenvalue weighted by Gasteiger charge is 2.12. The lowest BCUT2D eigenvalue weighted by Crippen LogP contribution is -2.28. The number of hydrogen-bond acceptors (Lipinski definition) is 3. The van der Waals surface area contributed by atoms with E-state index in [2.05, 4.69) is 5.32 Å². The van der Waals surface area contributed by atoms with E-state index in [-0.39, 0.29) is 18.4 Å². The number of carbonyl (C=O) groups excluding carboxylic acids is 2. The number of amides is 2. The lowest BCUT2D eigenvalue weighted by Gasteiger charge is -2.15. The second-order valence-electron chi connectivity index (χ2n) is 5.12. The van der Waals surface area contributed by atoms with Gasteiger partial charge in [0.1, 0.15) is 0 Å². The van der Waals surface area contributed by atoms with Crippen molar-refractivity contribution in [2.45, 2.75) is 19.4 Å². The second kappa shape index (κ2) is 7.76. The molecule has 3 N–H and O–H groups in total. The molecule has 0 fully saturated rings. The number of hydroxylamine groups is 1. The Kier molecular flexibility index (Phi) is 5.73. The summed E-state index contributed by atoms with van der Waals surface area (Å²) in [5, 5.41) is 12.0. The number of benzene rings is 2. The number of carbonyl (C=O) groups is 2. The lowest BCUT2D eigenvalue weighted by atomic mass is 10.1. The molecule has 1 atom stereocenters. The van der Waals surface area contributed by atoms with Crippen LogP contribution in [0.4, 0.5) is 0 Å². The SMILES string of the molecule is CC(NC(=O)Cc1ccccc1Cl)c1ccc(C(=O)NO)cc1. The Morgan fingerprint density at radius 2 is 1.78 bits per heavy atom. The Labute approximate surface area is 139 Å². The third kappa shape index (κ3) is 4.55. The Bertz CT molecular complexity index is 701. The van der Waals surface area contributed by atoms with Crippen LogP contribution in [0.2, 0.25) is 5.02 Å². The van der Waals surface area contributed by atoms with E-state index >= 15 is 0 Å². The van der Waals surface area contributed by atoms with Gasteiger partial charge in [-0.15, -0.1) is 0 Å². The fourth-order valence-electron chi connectivity index (χ4n) is 2.18. The van der Waals surface area contributed by atoms with E-state index in [4.69, 9.17) is 16.8 Å². The van der Waals surface area contributed by atoms with Crippen molar-refractivity contribution in [3.05, 3.63) is 70.2 Å².